The molecule has 6 nitrogen and oxygen atoms in total. The van der Waals surface area contributed by atoms with Crippen LogP contribution in [0.1, 0.15) is 29.7 Å². The summed E-state index contributed by atoms with van der Waals surface area (Å²) in [6.07, 6.45) is 4.66. The van der Waals surface area contributed by atoms with Crippen LogP contribution in [0.5, 0.6) is 0 Å². The van der Waals surface area contributed by atoms with Crippen molar-refractivity contribution in [2.75, 3.05) is 0 Å². The summed E-state index contributed by atoms with van der Waals surface area (Å²) in [5.41, 5.74) is 3.69. The quantitative estimate of drug-likeness (QED) is 0.725. The monoisotopic (exact) mass is 368 g/mol. The number of sulfonamides is 1. The van der Waals surface area contributed by atoms with Gasteiger partial charge in [0.25, 0.3) is 0 Å². The fourth-order valence-electron chi connectivity index (χ4n) is 2.46. The average Bonchev–Trinajstić information content (AvgIpc) is 3.16. The first-order valence-corrected chi connectivity index (χ1v) is 9.70. The Hall–Kier alpha value is -2.77. The van der Waals surface area contributed by atoms with Crippen molar-refractivity contribution in [3.63, 3.8) is 0 Å². The second-order valence-corrected chi connectivity index (χ2v) is 7.63. The third kappa shape index (κ3) is 4.65. The van der Waals surface area contributed by atoms with E-state index in [-0.39, 0.29) is 6.04 Å². The lowest BCUT2D eigenvalue weighted by molar-refractivity contribution is 0.576. The Bertz CT molecular complexity index is 977. The number of rotatable bonds is 6. The van der Waals surface area contributed by atoms with Crippen molar-refractivity contribution in [2.45, 2.75) is 19.9 Å². The largest absolute Gasteiger partial charge is 0.234 e. The lowest BCUT2D eigenvalue weighted by atomic mass is 10.1. The van der Waals surface area contributed by atoms with Gasteiger partial charge >= 0.3 is 0 Å². The smallest absolute Gasteiger partial charge is 0.223 e. The Morgan fingerprint density at radius 2 is 1.77 bits per heavy atom. The average molecular weight is 368 g/mol. The summed E-state index contributed by atoms with van der Waals surface area (Å²) in [5, 5.41) is 5.26. The summed E-state index contributed by atoms with van der Waals surface area (Å²) in [6.45, 7) is 3.80. The number of nitrogens with one attached hydrogen (secondary N) is 1. The number of hydrogen-bond acceptors (Lipinski definition) is 4. The molecule has 3 aromatic rings. The Balaban J connectivity index is 1.68. The van der Waals surface area contributed by atoms with E-state index in [1.807, 2.05) is 62.4 Å². The van der Waals surface area contributed by atoms with Gasteiger partial charge in [-0.2, -0.15) is 5.10 Å². The van der Waals surface area contributed by atoms with E-state index in [9.17, 15) is 8.42 Å². The molecule has 7 heteroatoms. The fraction of sp³-hybridized carbons (Fsp3) is 0.158. The van der Waals surface area contributed by atoms with Crippen molar-refractivity contribution in [1.29, 1.82) is 0 Å². The van der Waals surface area contributed by atoms with Gasteiger partial charge in [-0.1, -0.05) is 42.0 Å². The molecule has 3 rings (SSSR count). The SMILES string of the molecule is Cc1ccc(/C=C\S(=O)(=O)N[C@@H](C)c2ccc(-n3cncn3)cc2)cc1. The molecule has 0 radical (unpaired) electrons. The lowest BCUT2D eigenvalue weighted by Crippen LogP contribution is -2.24. The second kappa shape index (κ2) is 7.63. The molecule has 0 saturated carbocycles. The molecule has 0 aliphatic rings. The Morgan fingerprint density at radius 3 is 2.38 bits per heavy atom. The summed E-state index contributed by atoms with van der Waals surface area (Å²) >= 11 is 0. The van der Waals surface area contributed by atoms with Gasteiger partial charge in [-0.3, -0.25) is 0 Å². The molecule has 0 unspecified atom stereocenters. The molecule has 0 aliphatic heterocycles. The number of nitrogens with zero attached hydrogens (tertiary/aromatic N) is 3. The Kier molecular flexibility index (Phi) is 5.29. The van der Waals surface area contributed by atoms with Crippen LogP contribution in [0.3, 0.4) is 0 Å². The van der Waals surface area contributed by atoms with Gasteiger partial charge in [-0.15, -0.1) is 0 Å². The van der Waals surface area contributed by atoms with Gasteiger partial charge in [0.15, 0.2) is 0 Å². The highest BCUT2D eigenvalue weighted by Gasteiger charge is 2.13. The summed E-state index contributed by atoms with van der Waals surface area (Å²) in [7, 11) is -3.55. The third-order valence-electron chi connectivity index (χ3n) is 3.93. The van der Waals surface area contributed by atoms with E-state index in [4.69, 9.17) is 0 Å². The van der Waals surface area contributed by atoms with E-state index in [0.717, 1.165) is 22.4 Å². The van der Waals surface area contributed by atoms with Gasteiger partial charge < -0.3 is 0 Å². The molecule has 1 atom stereocenters. The molecule has 1 aromatic heterocycles. The van der Waals surface area contributed by atoms with E-state index in [1.165, 1.54) is 11.7 Å². The third-order valence-corrected chi connectivity index (χ3v) is 5.11. The van der Waals surface area contributed by atoms with E-state index >= 15 is 0 Å². The minimum absolute atomic E-state index is 0.354. The van der Waals surface area contributed by atoms with Crippen LogP contribution in [0, 0.1) is 6.92 Å². The zero-order valence-electron chi connectivity index (χ0n) is 14.6. The van der Waals surface area contributed by atoms with Gasteiger partial charge in [-0.25, -0.2) is 22.8 Å². The van der Waals surface area contributed by atoms with Crippen LogP contribution in [0.4, 0.5) is 0 Å². The summed E-state index contributed by atoms with van der Waals surface area (Å²) < 4.78 is 28.9. The van der Waals surface area contributed by atoms with E-state index in [2.05, 4.69) is 14.8 Å². The van der Waals surface area contributed by atoms with Crippen LogP contribution in [-0.2, 0) is 10.0 Å². The highest BCUT2D eigenvalue weighted by molar-refractivity contribution is 7.92. The minimum Gasteiger partial charge on any atom is -0.223 e. The van der Waals surface area contributed by atoms with Crippen LogP contribution >= 0.6 is 0 Å². The summed E-state index contributed by atoms with van der Waals surface area (Å²) in [6, 6.07) is 14.8. The van der Waals surface area contributed by atoms with Gasteiger partial charge in [0.05, 0.1) is 5.69 Å². The summed E-state index contributed by atoms with van der Waals surface area (Å²) in [4.78, 5) is 3.91. The molecule has 0 spiro atoms. The van der Waals surface area contributed by atoms with Gasteiger partial charge in [0.2, 0.25) is 10.0 Å². The topological polar surface area (TPSA) is 76.9 Å². The fourth-order valence-corrected chi connectivity index (χ4v) is 3.50. The predicted octanol–water partition coefficient (Wildman–Crippen LogP) is 3.23. The highest BCUT2D eigenvalue weighted by atomic mass is 32.2. The molecule has 1 heterocycles. The van der Waals surface area contributed by atoms with Gasteiger partial charge in [0.1, 0.15) is 12.7 Å². The van der Waals surface area contributed by atoms with Crippen molar-refractivity contribution in [3.8, 4) is 5.69 Å². The normalized spacial score (nSPS) is 13.2. The Labute approximate surface area is 153 Å². The molecule has 0 aliphatic carbocycles. The molecule has 0 bridgehead atoms. The minimum atomic E-state index is -3.55. The molecule has 26 heavy (non-hydrogen) atoms. The molecule has 0 saturated heterocycles. The number of aryl methyl sites for hydroxylation is 1. The molecule has 134 valence electrons. The highest BCUT2D eigenvalue weighted by Crippen LogP contribution is 2.16. The molecule has 2 aromatic carbocycles. The first-order chi connectivity index (χ1) is 12.4. The van der Waals surface area contributed by atoms with Crippen LogP contribution in [0.15, 0.2) is 66.6 Å². The lowest BCUT2D eigenvalue weighted by Gasteiger charge is -2.13. The van der Waals surface area contributed by atoms with Crippen LogP contribution < -0.4 is 4.72 Å². The van der Waals surface area contributed by atoms with Crippen LogP contribution in [-0.4, -0.2) is 23.2 Å². The van der Waals surface area contributed by atoms with E-state index in [0.29, 0.717) is 0 Å². The van der Waals surface area contributed by atoms with E-state index in [1.54, 1.807) is 17.1 Å². The summed E-state index contributed by atoms with van der Waals surface area (Å²) in [5.74, 6) is 0. The van der Waals surface area contributed by atoms with Crippen LogP contribution in [0.25, 0.3) is 11.8 Å². The standard InChI is InChI=1S/C19H20N4O2S/c1-15-3-5-17(6-4-15)11-12-26(24,25)22-16(2)18-7-9-19(10-8-18)23-14-20-13-21-23/h3-14,16,22H,1-2H3/b12-11-/t16-/m0/s1. The second-order valence-electron chi connectivity index (χ2n) is 6.03. The Morgan fingerprint density at radius 1 is 1.08 bits per heavy atom. The molecule has 1 N–H and O–H groups in total. The first kappa shape index (κ1) is 18.0. The van der Waals surface area contributed by atoms with Crippen molar-refractivity contribution >= 4 is 16.1 Å². The van der Waals surface area contributed by atoms with Gasteiger partial charge in [0, 0.05) is 11.4 Å². The van der Waals surface area contributed by atoms with Crippen LogP contribution in [0.2, 0.25) is 0 Å². The maximum atomic E-state index is 12.3. The molecular weight excluding hydrogens is 348 g/mol. The number of aromatic nitrogens is 3. The van der Waals surface area contributed by atoms with Crippen molar-refractivity contribution in [3.05, 3.63) is 83.3 Å². The zero-order valence-corrected chi connectivity index (χ0v) is 15.4. The van der Waals surface area contributed by atoms with Crippen molar-refractivity contribution < 1.29 is 8.42 Å². The van der Waals surface area contributed by atoms with Crippen molar-refractivity contribution in [1.82, 2.24) is 19.5 Å². The van der Waals surface area contributed by atoms with Gasteiger partial charge in [-0.05, 0) is 43.2 Å². The number of benzene rings is 2. The zero-order chi connectivity index (χ0) is 18.6. The van der Waals surface area contributed by atoms with Crippen molar-refractivity contribution in [2.24, 2.45) is 0 Å². The molecule has 0 fully saturated rings. The van der Waals surface area contributed by atoms with E-state index < -0.39 is 10.0 Å². The first-order valence-electron chi connectivity index (χ1n) is 8.15. The maximum absolute atomic E-state index is 12.3. The molecule has 0 amide bonds. The predicted molar refractivity (Wildman–Crippen MR) is 102 cm³/mol. The maximum Gasteiger partial charge on any atom is 0.234 e. The molecular formula is C19H20N4O2S. The number of hydrogen-bond donors (Lipinski definition) is 1.